The van der Waals surface area contributed by atoms with E-state index in [2.05, 4.69) is 133 Å². The van der Waals surface area contributed by atoms with Crippen molar-refractivity contribution in [3.8, 4) is 68.3 Å². The zero-order chi connectivity index (χ0) is 42.1. The van der Waals surface area contributed by atoms with Gasteiger partial charge < -0.3 is 0 Å². The van der Waals surface area contributed by atoms with Gasteiger partial charge in [-0.1, -0.05) is 182 Å². The molecule has 64 heavy (non-hydrogen) atoms. The lowest BCUT2D eigenvalue weighted by Gasteiger charge is -2.18. The van der Waals surface area contributed by atoms with Gasteiger partial charge in [0, 0.05) is 33.4 Å². The van der Waals surface area contributed by atoms with Crippen LogP contribution in [0.1, 0.15) is 0 Å². The van der Waals surface area contributed by atoms with Gasteiger partial charge in [-0.2, -0.15) is 0 Å². The van der Waals surface area contributed by atoms with Crippen molar-refractivity contribution in [3.05, 3.63) is 206 Å². The van der Waals surface area contributed by atoms with E-state index < -0.39 is 0 Å². The third kappa shape index (κ3) is 5.88. The highest BCUT2D eigenvalue weighted by atomic mass is 15.0. The van der Waals surface area contributed by atoms with Gasteiger partial charge in [0.05, 0.1) is 0 Å². The highest BCUT2D eigenvalue weighted by molar-refractivity contribution is 6.37. The number of rotatable bonds is 6. The van der Waals surface area contributed by atoms with Crippen molar-refractivity contribution in [2.75, 3.05) is 0 Å². The largest absolute Gasteiger partial charge is 0.208 e. The van der Waals surface area contributed by atoms with Crippen molar-refractivity contribution in [2.24, 2.45) is 0 Å². The zero-order valence-electron chi connectivity index (χ0n) is 34.3. The van der Waals surface area contributed by atoms with Gasteiger partial charge in [-0.25, -0.2) is 29.9 Å². The highest BCUT2D eigenvalue weighted by Crippen LogP contribution is 2.45. The third-order valence-electron chi connectivity index (χ3n) is 12.4. The summed E-state index contributed by atoms with van der Waals surface area (Å²) in [6.45, 7) is 0. The highest BCUT2D eigenvalue weighted by Gasteiger charge is 2.21. The molecule has 13 aromatic rings. The second-order valence-electron chi connectivity index (χ2n) is 16.3. The first-order valence-corrected chi connectivity index (χ1v) is 21.4. The summed E-state index contributed by atoms with van der Waals surface area (Å²) in [5.74, 6) is 3.78. The fourth-order valence-corrected chi connectivity index (χ4v) is 9.49. The summed E-state index contributed by atoms with van der Waals surface area (Å²) in [7, 11) is 0. The van der Waals surface area contributed by atoms with Crippen LogP contribution in [0.25, 0.3) is 133 Å². The van der Waals surface area contributed by atoms with Crippen molar-refractivity contribution in [2.45, 2.75) is 0 Å². The molecule has 0 spiro atoms. The first-order chi connectivity index (χ1) is 31.7. The first-order valence-electron chi connectivity index (χ1n) is 21.4. The Morgan fingerprint density at radius 3 is 0.797 bits per heavy atom. The van der Waals surface area contributed by atoms with Crippen LogP contribution in [0.5, 0.6) is 0 Å². The van der Waals surface area contributed by atoms with Gasteiger partial charge in [-0.3, -0.25) is 0 Å². The van der Waals surface area contributed by atoms with E-state index in [1.807, 2.05) is 72.8 Å². The smallest absolute Gasteiger partial charge is 0.164 e. The molecule has 0 saturated carbocycles. The lowest BCUT2D eigenvalue weighted by molar-refractivity contribution is 1.07. The molecule has 0 atom stereocenters. The Bertz CT molecular complexity index is 3560. The zero-order valence-corrected chi connectivity index (χ0v) is 34.3. The predicted molar refractivity (Wildman–Crippen MR) is 262 cm³/mol. The molecular weight excluding hydrogens is 781 g/mol. The first kappa shape index (κ1) is 36.0. The van der Waals surface area contributed by atoms with E-state index in [0.717, 1.165) is 65.7 Å². The van der Waals surface area contributed by atoms with Crippen LogP contribution in [0.15, 0.2) is 206 Å². The lowest BCUT2D eigenvalue weighted by atomic mass is 9.86. The molecule has 2 aromatic heterocycles. The Morgan fingerprint density at radius 1 is 0.188 bits per heavy atom. The maximum Gasteiger partial charge on any atom is 0.164 e. The van der Waals surface area contributed by atoms with Gasteiger partial charge in [-0.05, 0) is 88.9 Å². The minimum absolute atomic E-state index is 0.624. The van der Waals surface area contributed by atoms with Crippen LogP contribution in [-0.4, -0.2) is 29.9 Å². The molecule has 0 bridgehead atoms. The normalized spacial score (nSPS) is 11.8. The molecule has 0 amide bonds. The molecule has 0 unspecified atom stereocenters. The molecule has 0 aliphatic carbocycles. The summed E-state index contributed by atoms with van der Waals surface area (Å²) in [4.78, 5) is 30.7. The van der Waals surface area contributed by atoms with Crippen LogP contribution in [0.2, 0.25) is 0 Å². The molecular formula is C58H34N6. The summed E-state index contributed by atoms with van der Waals surface area (Å²) >= 11 is 0. The van der Waals surface area contributed by atoms with Crippen LogP contribution in [-0.2, 0) is 0 Å². The topological polar surface area (TPSA) is 77.3 Å². The summed E-state index contributed by atoms with van der Waals surface area (Å²) in [5, 5.41) is 13.9. The van der Waals surface area contributed by atoms with Crippen molar-refractivity contribution < 1.29 is 0 Å². The molecule has 0 aliphatic heterocycles. The Balaban J connectivity index is 1.12. The summed E-state index contributed by atoms with van der Waals surface area (Å²) in [6.07, 6.45) is 0. The van der Waals surface area contributed by atoms with E-state index in [1.165, 1.54) is 32.3 Å². The van der Waals surface area contributed by atoms with Crippen LogP contribution >= 0.6 is 0 Å². The quantitative estimate of drug-likeness (QED) is 0.156. The molecule has 11 aromatic carbocycles. The molecule has 6 nitrogen and oxygen atoms in total. The Hall–Kier alpha value is -8.74. The fraction of sp³-hybridized carbons (Fsp3) is 0. The van der Waals surface area contributed by atoms with Gasteiger partial charge in [0.25, 0.3) is 0 Å². The number of fused-ring (bicyclic) bond motifs is 2. The third-order valence-corrected chi connectivity index (χ3v) is 12.4. The van der Waals surface area contributed by atoms with E-state index in [9.17, 15) is 0 Å². The standard InChI is InChI=1S/C58H34N6/c1-5-15-37(16-6-1)53-59-54(38-17-7-2-8-18-38)62-57(61-53)43-31-41-29-27-35-24-14-26-46-48-34-44(58-63-55(39-19-9-3-10-20-39)60-56(64-58)40-21-11-4-12-22-40)32-42-30-28-36-23-13-25-45(49(36)52(42)48)47(33-43)51(41)50(35)46/h1-34H. The van der Waals surface area contributed by atoms with Gasteiger partial charge in [0.1, 0.15) is 0 Å². The van der Waals surface area contributed by atoms with Crippen LogP contribution in [0.3, 0.4) is 0 Å². The van der Waals surface area contributed by atoms with Gasteiger partial charge in [0.2, 0.25) is 0 Å². The van der Waals surface area contributed by atoms with Crippen molar-refractivity contribution in [1.82, 2.24) is 29.9 Å². The van der Waals surface area contributed by atoms with Crippen LogP contribution in [0.4, 0.5) is 0 Å². The molecule has 0 fully saturated rings. The number of nitrogens with zero attached hydrogens (tertiary/aromatic N) is 6. The Kier molecular flexibility index (Phi) is 8.11. The maximum atomic E-state index is 5.18. The average Bonchev–Trinajstić information content (AvgIpc) is 3.37. The second-order valence-corrected chi connectivity index (χ2v) is 16.3. The number of aromatic nitrogens is 6. The van der Waals surface area contributed by atoms with Gasteiger partial charge in [-0.15, -0.1) is 0 Å². The number of hydrogen-bond donors (Lipinski definition) is 0. The van der Waals surface area contributed by atoms with Crippen molar-refractivity contribution in [1.29, 1.82) is 0 Å². The fourth-order valence-electron chi connectivity index (χ4n) is 9.49. The van der Waals surface area contributed by atoms with E-state index in [1.54, 1.807) is 0 Å². The van der Waals surface area contributed by atoms with Crippen LogP contribution in [0, 0.1) is 0 Å². The average molecular weight is 815 g/mol. The number of hydrogen-bond acceptors (Lipinski definition) is 6. The summed E-state index contributed by atoms with van der Waals surface area (Å²) in [6, 6.07) is 72.0. The summed E-state index contributed by atoms with van der Waals surface area (Å²) < 4.78 is 0. The van der Waals surface area contributed by atoms with E-state index in [0.29, 0.717) is 34.9 Å². The second kappa shape index (κ2) is 14.4. The predicted octanol–water partition coefficient (Wildman–Crippen LogP) is 14.4. The van der Waals surface area contributed by atoms with E-state index in [-0.39, 0.29) is 0 Å². The molecule has 0 N–H and O–H groups in total. The SMILES string of the molecule is c1ccc(-c2nc(-c3ccccc3)nc(-c3cc4ccc5cccc6c7cc(-c8nc(-c9ccccc9)nc(-c9ccccc9)n8)cc8ccc9cccc(c(c3)c4c56)c9c87)n2)cc1. The van der Waals surface area contributed by atoms with Crippen LogP contribution < -0.4 is 0 Å². The lowest BCUT2D eigenvalue weighted by Crippen LogP contribution is -2.00. The minimum atomic E-state index is 0.624. The summed E-state index contributed by atoms with van der Waals surface area (Å²) in [5.41, 5.74) is 5.60. The van der Waals surface area contributed by atoms with Crippen molar-refractivity contribution >= 4 is 64.6 Å². The van der Waals surface area contributed by atoms with Gasteiger partial charge >= 0.3 is 0 Å². The van der Waals surface area contributed by atoms with E-state index in [4.69, 9.17) is 29.9 Å². The Labute approximate surface area is 367 Å². The van der Waals surface area contributed by atoms with Gasteiger partial charge in [0.15, 0.2) is 34.9 Å². The molecule has 6 heteroatoms. The maximum absolute atomic E-state index is 5.18. The number of benzene rings is 10. The molecule has 296 valence electrons. The van der Waals surface area contributed by atoms with E-state index >= 15 is 0 Å². The molecule has 0 aliphatic rings. The monoisotopic (exact) mass is 814 g/mol. The molecule has 0 radical (unpaired) electrons. The molecule has 2 heterocycles. The minimum Gasteiger partial charge on any atom is -0.208 e. The molecule has 0 saturated heterocycles. The van der Waals surface area contributed by atoms with Crippen molar-refractivity contribution in [3.63, 3.8) is 0 Å². The molecule has 13 rings (SSSR count). The Morgan fingerprint density at radius 2 is 0.469 bits per heavy atom.